The lowest BCUT2D eigenvalue weighted by Crippen LogP contribution is -2.43. The van der Waals surface area contributed by atoms with Crippen LogP contribution in [0.25, 0.3) is 10.2 Å². The van der Waals surface area contributed by atoms with Crippen LogP contribution < -0.4 is 15.8 Å². The lowest BCUT2D eigenvalue weighted by atomic mass is 10.0. The topological polar surface area (TPSA) is 106 Å². The summed E-state index contributed by atoms with van der Waals surface area (Å²) in [4.78, 5) is 26.1. The van der Waals surface area contributed by atoms with Gasteiger partial charge in [-0.2, -0.15) is 0 Å². The molecule has 0 fully saturated rings. The van der Waals surface area contributed by atoms with Crippen LogP contribution in [0, 0.1) is 11.6 Å². The van der Waals surface area contributed by atoms with Gasteiger partial charge in [-0.15, -0.1) is 11.3 Å². The van der Waals surface area contributed by atoms with E-state index in [4.69, 9.17) is 15.7 Å². The van der Waals surface area contributed by atoms with E-state index in [-0.39, 0.29) is 12.3 Å². The molecule has 5 rings (SSSR count). The molecule has 0 saturated carbocycles. The first-order chi connectivity index (χ1) is 18.3. The number of hydrogen-bond donors (Lipinski definition) is 2. The van der Waals surface area contributed by atoms with Crippen LogP contribution in [-0.2, 0) is 29.0 Å². The van der Waals surface area contributed by atoms with Gasteiger partial charge < -0.3 is 15.4 Å². The number of anilines is 1. The minimum atomic E-state index is -0.901. The summed E-state index contributed by atoms with van der Waals surface area (Å²) < 4.78 is 29.7. The number of fused-ring (bicyclic) bond motifs is 2. The molecule has 1 amide bonds. The van der Waals surface area contributed by atoms with Crippen LogP contribution in [0.2, 0.25) is 0 Å². The first-order valence-electron chi connectivity index (χ1n) is 11.6. The molecule has 0 aliphatic carbocycles. The number of amides is 1. The summed E-state index contributed by atoms with van der Waals surface area (Å²) >= 11 is 2.86. The number of thiazole rings is 1. The first-order valence-corrected chi connectivity index (χ1v) is 13.3. The monoisotopic (exact) mass is 557 g/mol. The summed E-state index contributed by atoms with van der Waals surface area (Å²) in [6.07, 6.45) is 1.18. The molecule has 0 saturated heterocycles. The number of rotatable bonds is 5. The summed E-state index contributed by atoms with van der Waals surface area (Å²) in [5.74, 6) is -1.71. The number of likely N-dealkylation sites (N-methyl/N-ethyl adjacent to an activating group) is 1. The molecule has 4 N–H and O–H groups in total. The zero-order valence-corrected chi connectivity index (χ0v) is 22.5. The number of hydrogen-bond acceptors (Lipinski definition) is 8. The van der Waals surface area contributed by atoms with Gasteiger partial charge in [0.25, 0.3) is 0 Å². The fourth-order valence-electron chi connectivity index (χ4n) is 4.06. The van der Waals surface area contributed by atoms with E-state index in [1.807, 2.05) is 18.9 Å². The van der Waals surface area contributed by atoms with Gasteiger partial charge in [0.2, 0.25) is 5.91 Å². The fourth-order valence-corrected chi connectivity index (χ4v) is 5.13. The van der Waals surface area contributed by atoms with Crippen molar-refractivity contribution in [2.75, 3.05) is 18.5 Å². The maximum absolute atomic E-state index is 13.2. The van der Waals surface area contributed by atoms with Crippen LogP contribution in [0.4, 0.5) is 14.5 Å². The van der Waals surface area contributed by atoms with Crippen molar-refractivity contribution in [2.45, 2.75) is 25.4 Å². The normalized spacial score (nSPS) is 13.4. The summed E-state index contributed by atoms with van der Waals surface area (Å²) in [5, 5.41) is 5.50. The van der Waals surface area contributed by atoms with Crippen molar-refractivity contribution < 1.29 is 18.4 Å². The Morgan fingerprint density at radius 1 is 1.13 bits per heavy atom. The molecule has 1 aliphatic heterocycles. The van der Waals surface area contributed by atoms with Crippen LogP contribution in [0.15, 0.2) is 66.2 Å². The summed E-state index contributed by atoms with van der Waals surface area (Å²) in [7, 11) is 1.61. The lowest BCUT2D eigenvalue weighted by Gasteiger charge is -2.25. The van der Waals surface area contributed by atoms with Crippen LogP contribution in [0.3, 0.4) is 0 Å². The predicted molar refractivity (Wildman–Crippen MR) is 151 cm³/mol. The highest BCUT2D eigenvalue weighted by Crippen LogP contribution is 2.24. The highest BCUT2D eigenvalue weighted by atomic mass is 32.2. The number of benzene rings is 3. The molecule has 4 aromatic rings. The Hall–Kier alpha value is -3.22. The molecule has 1 aliphatic rings. The highest BCUT2D eigenvalue weighted by Gasteiger charge is 2.21. The number of aromatic nitrogens is 1. The zero-order chi connectivity index (χ0) is 27.7. The third kappa shape index (κ3) is 7.65. The third-order valence-corrected chi connectivity index (χ3v) is 7.39. The third-order valence-electron chi connectivity index (χ3n) is 5.97. The van der Waals surface area contributed by atoms with Crippen molar-refractivity contribution in [1.29, 1.82) is 0 Å². The Bertz CT molecular complexity index is 1350. The van der Waals surface area contributed by atoms with Crippen molar-refractivity contribution in [3.63, 3.8) is 0 Å². The van der Waals surface area contributed by atoms with Crippen molar-refractivity contribution in [1.82, 2.24) is 9.29 Å². The quantitative estimate of drug-likeness (QED) is 0.349. The lowest BCUT2D eigenvalue weighted by molar-refractivity contribution is -0.119. The van der Waals surface area contributed by atoms with Gasteiger partial charge in [0.15, 0.2) is 0 Å². The second-order valence-electron chi connectivity index (χ2n) is 8.48. The molecule has 0 spiro atoms. The Balaban J connectivity index is 0.000000238. The Labute approximate surface area is 228 Å². The van der Waals surface area contributed by atoms with Crippen molar-refractivity contribution >= 4 is 52.1 Å². The first kappa shape index (κ1) is 29.3. The Kier molecular flexibility index (Phi) is 10.9. The summed E-state index contributed by atoms with van der Waals surface area (Å²) in [6, 6.07) is 16.3. The Morgan fingerprint density at radius 3 is 2.50 bits per heavy atom. The molecule has 11 heteroatoms. The molecule has 7 nitrogen and oxygen atoms in total. The van der Waals surface area contributed by atoms with Crippen LogP contribution in [0.1, 0.15) is 16.7 Å². The van der Waals surface area contributed by atoms with Gasteiger partial charge >= 0.3 is 0 Å². The van der Waals surface area contributed by atoms with E-state index >= 15 is 0 Å². The summed E-state index contributed by atoms with van der Waals surface area (Å²) in [5.41, 5.74) is 12.4. The number of nitrogens with two attached hydrogens (primary N) is 2. The average Bonchev–Trinajstić information content (AvgIpc) is 3.41. The minimum absolute atomic E-state index is 0.0524. The van der Waals surface area contributed by atoms with Crippen LogP contribution in [0.5, 0.6) is 0 Å². The highest BCUT2D eigenvalue weighted by molar-refractivity contribution is 7.94. The molecule has 1 atom stereocenters. The summed E-state index contributed by atoms with van der Waals surface area (Å²) in [6.45, 7) is 4.05. The van der Waals surface area contributed by atoms with E-state index in [1.165, 1.54) is 51.6 Å². The molecule has 200 valence electrons. The zero-order valence-electron chi connectivity index (χ0n) is 20.8. The number of carbonyl (C=O) groups excluding carboxylic acids is 2. The molecular formula is C27H29F2N5O2S2. The van der Waals surface area contributed by atoms with E-state index in [0.717, 1.165) is 35.8 Å². The van der Waals surface area contributed by atoms with E-state index < -0.39 is 17.7 Å². The molecule has 38 heavy (non-hydrogen) atoms. The van der Waals surface area contributed by atoms with Crippen molar-refractivity contribution in [2.24, 2.45) is 10.9 Å². The second-order valence-corrected chi connectivity index (χ2v) is 10.1. The average molecular weight is 558 g/mol. The van der Waals surface area contributed by atoms with Gasteiger partial charge in [0, 0.05) is 44.0 Å². The SMILES string of the molecule is C=O.CN(C(=O)C(N)Cc1cc(F)cc(F)c1)c1ccc2scnc2c1.NSN1CCc2ccccc2C1. The molecule has 0 bridgehead atoms. The maximum atomic E-state index is 13.2. The van der Waals surface area contributed by atoms with Gasteiger partial charge in [-0.1, -0.05) is 24.3 Å². The molecule has 3 aromatic carbocycles. The van der Waals surface area contributed by atoms with E-state index in [1.54, 1.807) is 18.6 Å². The molecule has 1 unspecified atom stereocenters. The largest absolute Gasteiger partial charge is 0.320 e. The van der Waals surface area contributed by atoms with Crippen molar-refractivity contribution in [3.05, 3.63) is 94.5 Å². The molecular weight excluding hydrogens is 528 g/mol. The van der Waals surface area contributed by atoms with Crippen LogP contribution >= 0.6 is 23.5 Å². The molecule has 0 radical (unpaired) electrons. The minimum Gasteiger partial charge on any atom is -0.320 e. The van der Waals surface area contributed by atoms with Crippen LogP contribution in [-0.4, -0.2) is 41.6 Å². The van der Waals surface area contributed by atoms with Gasteiger partial charge in [0.1, 0.15) is 18.4 Å². The number of nitrogens with zero attached hydrogens (tertiary/aromatic N) is 3. The molecule has 2 heterocycles. The van der Waals surface area contributed by atoms with Gasteiger partial charge in [0.05, 0.1) is 21.8 Å². The van der Waals surface area contributed by atoms with Gasteiger partial charge in [-0.25, -0.2) is 18.1 Å². The smallest absolute Gasteiger partial charge is 0.243 e. The van der Waals surface area contributed by atoms with Gasteiger partial charge in [-0.05, 0) is 59.9 Å². The van der Waals surface area contributed by atoms with E-state index in [9.17, 15) is 13.6 Å². The second kappa shape index (κ2) is 14.1. The van der Waals surface area contributed by atoms with Crippen molar-refractivity contribution in [3.8, 4) is 0 Å². The predicted octanol–water partition coefficient (Wildman–Crippen LogP) is 4.49. The number of carbonyl (C=O) groups is 2. The van der Waals surface area contributed by atoms with E-state index in [0.29, 0.717) is 11.3 Å². The molecule has 1 aromatic heterocycles. The Morgan fingerprint density at radius 2 is 1.82 bits per heavy atom. The maximum Gasteiger partial charge on any atom is 0.243 e. The van der Waals surface area contributed by atoms with E-state index in [2.05, 4.69) is 33.6 Å². The standard InChI is InChI=1S/C17H15F2N3OS.C9H12N2S.CH2O/c1-22(13-2-3-16-15(8-13)21-9-24-16)17(23)14(20)6-10-4-11(18)7-12(19)5-10;10-12-11-6-5-8-3-1-2-4-9(8)7-11;1-2/h2-5,7-9,14H,6,20H2,1H3;1-4H,5-7,10H2;1H2. The number of halogens is 2. The van der Waals surface area contributed by atoms with Gasteiger partial charge in [-0.3, -0.25) is 9.93 Å². The fraction of sp³-hybridized carbons (Fsp3) is 0.222.